The van der Waals surface area contributed by atoms with Crippen molar-refractivity contribution in [2.75, 3.05) is 17.2 Å². The standard InChI is InChI=1S/C26H20ClN5O4/c27-16-6-7-18(22(33)12-16)21-13-19(15-3-1-4-17(11-15)30-24(34)8-9-28)20(14-29)25(31-21)32-26(35)23-5-2-10-36-23/h1-7,10-13,33H,8-9,28H2,(H,30,34)(H,31,32,35). The van der Waals surface area contributed by atoms with Gasteiger partial charge in [-0.25, -0.2) is 4.98 Å². The smallest absolute Gasteiger partial charge is 0.292 e. The molecule has 0 aliphatic heterocycles. The topological polar surface area (TPSA) is 154 Å². The van der Waals surface area contributed by atoms with Gasteiger partial charge in [-0.2, -0.15) is 5.26 Å². The molecule has 0 fully saturated rings. The Morgan fingerprint density at radius 2 is 1.92 bits per heavy atom. The minimum atomic E-state index is -0.602. The van der Waals surface area contributed by atoms with E-state index in [0.717, 1.165) is 0 Å². The minimum Gasteiger partial charge on any atom is -0.507 e. The third-order valence-electron chi connectivity index (χ3n) is 5.17. The molecule has 9 nitrogen and oxygen atoms in total. The first-order valence-electron chi connectivity index (χ1n) is 10.8. The zero-order valence-electron chi connectivity index (χ0n) is 18.8. The number of halogens is 1. The molecule has 4 rings (SSSR count). The predicted octanol–water partition coefficient (Wildman–Crippen LogP) is 4.78. The lowest BCUT2D eigenvalue weighted by Gasteiger charge is -2.15. The lowest BCUT2D eigenvalue weighted by Crippen LogP contribution is -2.16. The van der Waals surface area contributed by atoms with Gasteiger partial charge in [-0.1, -0.05) is 23.7 Å². The highest BCUT2D eigenvalue weighted by Gasteiger charge is 2.20. The Balaban J connectivity index is 1.86. The number of carbonyl (C=O) groups excluding carboxylic acids is 2. The summed E-state index contributed by atoms with van der Waals surface area (Å²) in [6, 6.07) is 18.1. The molecule has 0 saturated carbocycles. The molecule has 0 bridgehead atoms. The van der Waals surface area contributed by atoms with E-state index in [1.165, 1.54) is 18.4 Å². The van der Waals surface area contributed by atoms with Crippen LogP contribution in [-0.4, -0.2) is 28.4 Å². The summed E-state index contributed by atoms with van der Waals surface area (Å²) in [5.41, 5.74) is 7.65. The number of furan rings is 1. The minimum absolute atomic E-state index is 0.0293. The molecule has 10 heteroatoms. The van der Waals surface area contributed by atoms with Gasteiger partial charge in [0.25, 0.3) is 5.91 Å². The molecular weight excluding hydrogens is 482 g/mol. The first-order valence-corrected chi connectivity index (χ1v) is 11.2. The summed E-state index contributed by atoms with van der Waals surface area (Å²) in [4.78, 5) is 29.2. The van der Waals surface area contributed by atoms with Crippen molar-refractivity contribution in [1.29, 1.82) is 5.26 Å². The number of anilines is 2. The van der Waals surface area contributed by atoms with Gasteiger partial charge >= 0.3 is 0 Å². The zero-order valence-corrected chi connectivity index (χ0v) is 19.5. The Kier molecular flexibility index (Phi) is 7.30. The summed E-state index contributed by atoms with van der Waals surface area (Å²) in [7, 11) is 0. The molecule has 2 amide bonds. The van der Waals surface area contributed by atoms with Crippen LogP contribution in [0.25, 0.3) is 22.4 Å². The van der Waals surface area contributed by atoms with Crippen molar-refractivity contribution in [3.8, 4) is 34.2 Å². The van der Waals surface area contributed by atoms with E-state index < -0.39 is 5.91 Å². The molecule has 4 aromatic rings. The average molecular weight is 502 g/mol. The number of hydrogen-bond acceptors (Lipinski definition) is 7. The number of phenolic OH excluding ortho intramolecular Hbond substituents is 1. The molecule has 2 aromatic carbocycles. The molecule has 0 unspecified atom stereocenters. The van der Waals surface area contributed by atoms with E-state index in [4.69, 9.17) is 21.8 Å². The van der Waals surface area contributed by atoms with Gasteiger partial charge in [0.1, 0.15) is 17.4 Å². The van der Waals surface area contributed by atoms with Gasteiger partial charge in [-0.05, 0) is 54.1 Å². The lowest BCUT2D eigenvalue weighted by atomic mass is 9.97. The second-order valence-corrected chi connectivity index (χ2v) is 8.09. The SMILES string of the molecule is N#Cc1c(-c2cccc(NC(=O)CCN)c2)cc(-c2ccc(Cl)cc2O)nc1NC(=O)c1ccco1. The van der Waals surface area contributed by atoms with Crippen LogP contribution in [0.15, 0.2) is 71.3 Å². The van der Waals surface area contributed by atoms with E-state index in [-0.39, 0.29) is 47.5 Å². The fraction of sp³-hybridized carbons (Fsp3) is 0.0769. The first-order chi connectivity index (χ1) is 17.4. The molecule has 0 aliphatic carbocycles. The Hall–Kier alpha value is -4.65. The molecule has 0 radical (unpaired) electrons. The highest BCUT2D eigenvalue weighted by Crippen LogP contribution is 2.37. The van der Waals surface area contributed by atoms with Crippen LogP contribution in [0, 0.1) is 11.3 Å². The van der Waals surface area contributed by atoms with Crippen LogP contribution in [0.3, 0.4) is 0 Å². The largest absolute Gasteiger partial charge is 0.507 e. The maximum Gasteiger partial charge on any atom is 0.292 e. The van der Waals surface area contributed by atoms with E-state index in [9.17, 15) is 20.0 Å². The summed E-state index contributed by atoms with van der Waals surface area (Å²) in [6.07, 6.45) is 1.51. The maximum absolute atomic E-state index is 12.7. The van der Waals surface area contributed by atoms with Gasteiger partial charge < -0.3 is 25.9 Å². The molecular formula is C26H20ClN5O4. The van der Waals surface area contributed by atoms with E-state index >= 15 is 0 Å². The van der Waals surface area contributed by atoms with Crippen molar-refractivity contribution >= 4 is 34.9 Å². The second kappa shape index (κ2) is 10.7. The third-order valence-corrected chi connectivity index (χ3v) is 5.41. The molecule has 0 aliphatic rings. The molecule has 180 valence electrons. The Bertz CT molecular complexity index is 1480. The molecule has 0 atom stereocenters. The van der Waals surface area contributed by atoms with Gasteiger partial charge in [0, 0.05) is 34.8 Å². The van der Waals surface area contributed by atoms with Crippen molar-refractivity contribution < 1.29 is 19.1 Å². The number of nitrogens with two attached hydrogens (primary N) is 1. The number of phenols is 1. The number of nitrogens with zero attached hydrogens (tertiary/aromatic N) is 2. The van der Waals surface area contributed by atoms with Crippen molar-refractivity contribution in [2.24, 2.45) is 5.73 Å². The first kappa shape index (κ1) is 24.5. The highest BCUT2D eigenvalue weighted by molar-refractivity contribution is 6.30. The fourth-order valence-electron chi connectivity index (χ4n) is 3.53. The molecule has 5 N–H and O–H groups in total. The fourth-order valence-corrected chi connectivity index (χ4v) is 3.70. The highest BCUT2D eigenvalue weighted by atomic mass is 35.5. The predicted molar refractivity (Wildman–Crippen MR) is 135 cm³/mol. The molecule has 0 spiro atoms. The Labute approximate surface area is 211 Å². The summed E-state index contributed by atoms with van der Waals surface area (Å²) in [6.45, 7) is 0.209. The number of aromatic hydroxyl groups is 1. The van der Waals surface area contributed by atoms with Crippen LogP contribution in [-0.2, 0) is 4.79 Å². The monoisotopic (exact) mass is 501 g/mol. The van der Waals surface area contributed by atoms with Crippen LogP contribution >= 0.6 is 11.6 Å². The zero-order chi connectivity index (χ0) is 25.7. The van der Waals surface area contributed by atoms with Crippen molar-refractivity contribution in [3.05, 3.63) is 83.3 Å². The van der Waals surface area contributed by atoms with Crippen molar-refractivity contribution in [3.63, 3.8) is 0 Å². The van der Waals surface area contributed by atoms with Crippen LogP contribution < -0.4 is 16.4 Å². The van der Waals surface area contributed by atoms with Crippen LogP contribution in [0.4, 0.5) is 11.5 Å². The number of carbonyl (C=O) groups is 2. The maximum atomic E-state index is 12.7. The number of amides is 2. The van der Waals surface area contributed by atoms with Gasteiger partial charge in [0.15, 0.2) is 11.6 Å². The normalized spacial score (nSPS) is 10.5. The Morgan fingerprint density at radius 3 is 2.61 bits per heavy atom. The van der Waals surface area contributed by atoms with E-state index in [1.54, 1.807) is 48.5 Å². The van der Waals surface area contributed by atoms with Crippen molar-refractivity contribution in [1.82, 2.24) is 4.98 Å². The van der Waals surface area contributed by atoms with Gasteiger partial charge in [-0.15, -0.1) is 0 Å². The number of nitrogens with one attached hydrogen (secondary N) is 2. The van der Waals surface area contributed by atoms with E-state index in [0.29, 0.717) is 27.4 Å². The number of nitriles is 1. The lowest BCUT2D eigenvalue weighted by molar-refractivity contribution is -0.116. The molecule has 36 heavy (non-hydrogen) atoms. The van der Waals surface area contributed by atoms with Crippen LogP contribution in [0.5, 0.6) is 5.75 Å². The summed E-state index contributed by atoms with van der Waals surface area (Å²) >= 11 is 5.98. The summed E-state index contributed by atoms with van der Waals surface area (Å²) in [5.74, 6) is -0.972. The molecule has 2 heterocycles. The number of aromatic nitrogens is 1. The number of pyridine rings is 1. The third kappa shape index (κ3) is 5.36. The average Bonchev–Trinajstić information content (AvgIpc) is 3.39. The van der Waals surface area contributed by atoms with Crippen molar-refractivity contribution in [2.45, 2.75) is 6.42 Å². The van der Waals surface area contributed by atoms with Gasteiger partial charge in [-0.3, -0.25) is 9.59 Å². The second-order valence-electron chi connectivity index (χ2n) is 7.65. The van der Waals surface area contributed by atoms with Crippen LogP contribution in [0.1, 0.15) is 22.5 Å². The Morgan fingerprint density at radius 1 is 1.08 bits per heavy atom. The molecule has 2 aromatic heterocycles. The number of benzene rings is 2. The van der Waals surface area contributed by atoms with E-state index in [1.807, 2.05) is 0 Å². The summed E-state index contributed by atoms with van der Waals surface area (Å²) < 4.78 is 5.15. The van der Waals surface area contributed by atoms with Gasteiger partial charge in [0.05, 0.1) is 12.0 Å². The van der Waals surface area contributed by atoms with E-state index in [2.05, 4.69) is 21.7 Å². The molecule has 0 saturated heterocycles. The van der Waals surface area contributed by atoms with Gasteiger partial charge in [0.2, 0.25) is 5.91 Å². The van der Waals surface area contributed by atoms with Crippen LogP contribution in [0.2, 0.25) is 5.02 Å². The number of rotatable bonds is 7. The quantitative estimate of drug-likeness (QED) is 0.284. The summed E-state index contributed by atoms with van der Waals surface area (Å²) in [5, 5.41) is 26.2. The number of hydrogen-bond donors (Lipinski definition) is 4.